The Labute approximate surface area is 142 Å². The summed E-state index contributed by atoms with van der Waals surface area (Å²) in [5.41, 5.74) is 2.20. The third-order valence-electron chi connectivity index (χ3n) is 4.48. The van der Waals surface area contributed by atoms with Gasteiger partial charge in [0.05, 0.1) is 18.8 Å². The number of aromatic nitrogens is 3. The second kappa shape index (κ2) is 7.17. The van der Waals surface area contributed by atoms with Crippen molar-refractivity contribution in [3.63, 3.8) is 0 Å². The van der Waals surface area contributed by atoms with Gasteiger partial charge >= 0.3 is 0 Å². The van der Waals surface area contributed by atoms with E-state index in [4.69, 9.17) is 4.52 Å². The van der Waals surface area contributed by atoms with E-state index in [2.05, 4.69) is 38.1 Å². The van der Waals surface area contributed by atoms with Gasteiger partial charge in [-0.05, 0) is 46.2 Å². The lowest BCUT2D eigenvalue weighted by Gasteiger charge is -2.35. The van der Waals surface area contributed by atoms with E-state index in [0.717, 1.165) is 31.6 Å². The lowest BCUT2D eigenvalue weighted by Crippen LogP contribution is -2.46. The number of carbonyl (C=O) groups excluding carboxylic acids is 1. The number of rotatable bonds is 5. The van der Waals surface area contributed by atoms with Gasteiger partial charge in [-0.25, -0.2) is 0 Å². The minimum Gasteiger partial charge on any atom is -0.360 e. The summed E-state index contributed by atoms with van der Waals surface area (Å²) in [4.78, 5) is 14.6. The van der Waals surface area contributed by atoms with Gasteiger partial charge in [-0.3, -0.25) is 14.4 Å². The highest BCUT2D eigenvalue weighted by Gasteiger charge is 2.25. The summed E-state index contributed by atoms with van der Waals surface area (Å²) >= 11 is 0. The number of likely N-dealkylation sites (tertiary alicyclic amines) is 1. The number of nitrogens with zero attached hydrogens (tertiary/aromatic N) is 4. The minimum absolute atomic E-state index is 0.0523. The number of anilines is 1. The lowest BCUT2D eigenvalue weighted by molar-refractivity contribution is -0.118. The largest absolute Gasteiger partial charge is 0.360 e. The van der Waals surface area contributed by atoms with Crippen LogP contribution in [0.25, 0.3) is 0 Å². The number of carbonyl (C=O) groups is 1. The summed E-state index contributed by atoms with van der Waals surface area (Å²) in [7, 11) is 0. The molecular weight excluding hydrogens is 306 g/mol. The average molecular weight is 331 g/mol. The van der Waals surface area contributed by atoms with Crippen LogP contribution in [-0.4, -0.2) is 44.9 Å². The van der Waals surface area contributed by atoms with Crippen molar-refractivity contribution < 1.29 is 9.32 Å². The summed E-state index contributed by atoms with van der Waals surface area (Å²) in [6.45, 7) is 8.03. The molecule has 0 aliphatic carbocycles. The molecule has 1 aliphatic rings. The maximum absolute atomic E-state index is 12.3. The molecule has 130 valence electrons. The molecule has 2 aromatic heterocycles. The van der Waals surface area contributed by atoms with E-state index in [1.165, 1.54) is 12.1 Å². The fraction of sp³-hybridized carbons (Fsp3) is 0.588. The third kappa shape index (κ3) is 4.03. The first kappa shape index (κ1) is 16.7. The molecule has 0 spiro atoms. The topological polar surface area (TPSA) is 76.2 Å². The predicted octanol–water partition coefficient (Wildman–Crippen LogP) is 2.29. The van der Waals surface area contributed by atoms with E-state index in [1.807, 2.05) is 6.92 Å². The molecule has 24 heavy (non-hydrogen) atoms. The zero-order valence-electron chi connectivity index (χ0n) is 14.6. The average Bonchev–Trinajstić information content (AvgIpc) is 3.06. The fourth-order valence-corrected chi connectivity index (χ4v) is 3.33. The molecule has 1 atom stereocenters. The molecule has 1 N–H and O–H groups in total. The maximum Gasteiger partial charge on any atom is 0.239 e. The summed E-state index contributed by atoms with van der Waals surface area (Å²) in [6, 6.07) is 4.15. The highest BCUT2D eigenvalue weighted by atomic mass is 16.5. The third-order valence-corrected chi connectivity index (χ3v) is 4.48. The van der Waals surface area contributed by atoms with Gasteiger partial charge in [0.15, 0.2) is 5.82 Å². The lowest BCUT2D eigenvalue weighted by atomic mass is 10.0. The first-order valence-electron chi connectivity index (χ1n) is 8.49. The van der Waals surface area contributed by atoms with Crippen LogP contribution < -0.4 is 5.32 Å². The summed E-state index contributed by atoms with van der Waals surface area (Å²) < 4.78 is 7.03. The number of piperidine rings is 1. The van der Waals surface area contributed by atoms with Gasteiger partial charge in [0.25, 0.3) is 0 Å². The van der Waals surface area contributed by atoms with E-state index in [9.17, 15) is 4.79 Å². The van der Waals surface area contributed by atoms with Crippen LogP contribution in [0.1, 0.15) is 36.4 Å². The minimum atomic E-state index is -0.0523. The SMILES string of the molecule is Cc1cc(C)n(C[C@@H]2CCCCN2CC(=O)Nc2cc(C)on2)n1. The molecule has 1 saturated heterocycles. The van der Waals surface area contributed by atoms with Gasteiger partial charge in [0.2, 0.25) is 5.91 Å². The van der Waals surface area contributed by atoms with Crippen molar-refractivity contribution >= 4 is 11.7 Å². The molecule has 0 bridgehead atoms. The Bertz CT molecular complexity index is 706. The highest BCUT2D eigenvalue weighted by molar-refractivity contribution is 5.91. The van der Waals surface area contributed by atoms with E-state index in [-0.39, 0.29) is 5.91 Å². The van der Waals surface area contributed by atoms with Gasteiger partial charge in [0.1, 0.15) is 5.76 Å². The van der Waals surface area contributed by atoms with E-state index in [1.54, 1.807) is 13.0 Å². The van der Waals surface area contributed by atoms with Crippen LogP contribution in [0.2, 0.25) is 0 Å². The normalized spacial score (nSPS) is 18.7. The van der Waals surface area contributed by atoms with Crippen LogP contribution in [0.15, 0.2) is 16.7 Å². The quantitative estimate of drug-likeness (QED) is 0.910. The Morgan fingerprint density at radius 1 is 1.33 bits per heavy atom. The zero-order valence-corrected chi connectivity index (χ0v) is 14.6. The number of amides is 1. The molecular formula is C17H25N5O2. The molecule has 7 heteroatoms. The number of hydrogen-bond acceptors (Lipinski definition) is 5. The summed E-state index contributed by atoms with van der Waals surface area (Å²) in [6.07, 6.45) is 3.42. The van der Waals surface area contributed by atoms with E-state index in [0.29, 0.717) is 24.2 Å². The predicted molar refractivity (Wildman–Crippen MR) is 90.8 cm³/mol. The van der Waals surface area contributed by atoms with E-state index >= 15 is 0 Å². The van der Waals surface area contributed by atoms with Crippen molar-refractivity contribution in [2.24, 2.45) is 0 Å². The van der Waals surface area contributed by atoms with Crippen molar-refractivity contribution in [2.75, 3.05) is 18.4 Å². The molecule has 3 rings (SSSR count). The molecule has 0 saturated carbocycles. The molecule has 0 unspecified atom stereocenters. The molecule has 1 fully saturated rings. The van der Waals surface area contributed by atoms with Crippen LogP contribution >= 0.6 is 0 Å². The first-order valence-corrected chi connectivity index (χ1v) is 8.49. The Kier molecular flexibility index (Phi) is 4.99. The van der Waals surface area contributed by atoms with Gasteiger partial charge in [0, 0.05) is 17.8 Å². The summed E-state index contributed by atoms with van der Waals surface area (Å²) in [5.74, 6) is 1.11. The van der Waals surface area contributed by atoms with Crippen molar-refractivity contribution in [2.45, 2.75) is 52.6 Å². The Morgan fingerprint density at radius 3 is 2.83 bits per heavy atom. The molecule has 0 radical (unpaired) electrons. The molecule has 2 aromatic rings. The number of aryl methyl sites for hydroxylation is 3. The standard InChI is InChI=1S/C17H25N5O2/c1-12-8-13(2)22(19-12)10-15-6-4-5-7-21(15)11-17(23)18-16-9-14(3)24-20-16/h8-9,15H,4-7,10-11H2,1-3H3,(H,18,20,23)/t15-/m0/s1. The smallest absolute Gasteiger partial charge is 0.239 e. The Hall–Kier alpha value is -2.15. The number of hydrogen-bond donors (Lipinski definition) is 1. The monoisotopic (exact) mass is 331 g/mol. The zero-order chi connectivity index (χ0) is 17.1. The van der Waals surface area contributed by atoms with Crippen molar-refractivity contribution in [1.82, 2.24) is 19.8 Å². The van der Waals surface area contributed by atoms with Crippen molar-refractivity contribution in [3.8, 4) is 0 Å². The Morgan fingerprint density at radius 2 is 2.17 bits per heavy atom. The molecule has 1 aliphatic heterocycles. The maximum atomic E-state index is 12.3. The van der Waals surface area contributed by atoms with E-state index < -0.39 is 0 Å². The van der Waals surface area contributed by atoms with Crippen LogP contribution in [0.3, 0.4) is 0 Å². The molecule has 0 aromatic carbocycles. The second-order valence-corrected chi connectivity index (χ2v) is 6.60. The van der Waals surface area contributed by atoms with Crippen molar-refractivity contribution in [3.05, 3.63) is 29.3 Å². The van der Waals surface area contributed by atoms with Crippen LogP contribution in [0.4, 0.5) is 5.82 Å². The van der Waals surface area contributed by atoms with Crippen LogP contribution in [0.5, 0.6) is 0 Å². The highest BCUT2D eigenvalue weighted by Crippen LogP contribution is 2.19. The van der Waals surface area contributed by atoms with Crippen LogP contribution in [-0.2, 0) is 11.3 Å². The van der Waals surface area contributed by atoms with Crippen LogP contribution in [0, 0.1) is 20.8 Å². The first-order chi connectivity index (χ1) is 11.5. The molecule has 7 nitrogen and oxygen atoms in total. The van der Waals surface area contributed by atoms with Gasteiger partial charge in [-0.15, -0.1) is 0 Å². The number of nitrogens with one attached hydrogen (secondary N) is 1. The Balaban J connectivity index is 1.61. The van der Waals surface area contributed by atoms with Gasteiger partial charge in [-0.2, -0.15) is 5.10 Å². The second-order valence-electron chi connectivity index (χ2n) is 6.60. The fourth-order valence-electron chi connectivity index (χ4n) is 3.33. The summed E-state index contributed by atoms with van der Waals surface area (Å²) in [5, 5.41) is 11.2. The van der Waals surface area contributed by atoms with Gasteiger partial charge < -0.3 is 9.84 Å². The molecule has 3 heterocycles. The van der Waals surface area contributed by atoms with Crippen molar-refractivity contribution in [1.29, 1.82) is 0 Å². The molecule has 1 amide bonds. The van der Waals surface area contributed by atoms with Gasteiger partial charge in [-0.1, -0.05) is 11.6 Å².